The molecule has 0 bridgehead atoms. The van der Waals surface area contributed by atoms with Crippen molar-refractivity contribution in [3.8, 4) is 0 Å². The Bertz CT molecular complexity index is 448. The van der Waals surface area contributed by atoms with Gasteiger partial charge in [-0.15, -0.1) is 0 Å². The van der Waals surface area contributed by atoms with Gasteiger partial charge in [0.15, 0.2) is 5.69 Å². The monoisotopic (exact) mass is 291 g/mol. The van der Waals surface area contributed by atoms with Gasteiger partial charge in [-0.2, -0.15) is 18.2 Å². The van der Waals surface area contributed by atoms with Crippen LogP contribution in [0.25, 0.3) is 0 Å². The van der Waals surface area contributed by atoms with Crippen molar-refractivity contribution in [3.63, 3.8) is 0 Å². The van der Waals surface area contributed by atoms with Gasteiger partial charge in [-0.05, 0) is 0 Å². The largest absolute Gasteiger partial charge is 0.433 e. The van der Waals surface area contributed by atoms with E-state index >= 15 is 0 Å². The van der Waals surface area contributed by atoms with Crippen LogP contribution in [0.15, 0.2) is 6.07 Å². The minimum atomic E-state index is -4.53. The lowest BCUT2D eigenvalue weighted by atomic mass is 10.3. The summed E-state index contributed by atoms with van der Waals surface area (Å²) >= 11 is 0. The fraction of sp³-hybridized carbons (Fsp3) is 0.636. The molecule has 0 amide bonds. The van der Waals surface area contributed by atoms with Crippen LogP contribution in [0.2, 0.25) is 0 Å². The molecule has 3 N–H and O–H groups in total. The molecule has 0 aliphatic carbocycles. The van der Waals surface area contributed by atoms with Crippen molar-refractivity contribution in [2.75, 3.05) is 50.4 Å². The predicted molar refractivity (Wildman–Crippen MR) is 67.2 cm³/mol. The Balaban J connectivity index is 1.90. The second-order valence-corrected chi connectivity index (χ2v) is 4.38. The maximum atomic E-state index is 12.6. The maximum Gasteiger partial charge on any atom is 0.433 e. The Morgan fingerprint density at radius 1 is 1.30 bits per heavy atom. The summed E-state index contributed by atoms with van der Waals surface area (Å²) in [5.74, 6) is -0.313. The molecule has 9 heteroatoms. The van der Waals surface area contributed by atoms with Crippen molar-refractivity contribution >= 4 is 11.8 Å². The van der Waals surface area contributed by atoms with E-state index in [4.69, 9.17) is 10.5 Å². The smallest absolute Gasteiger partial charge is 0.379 e. The SMILES string of the molecule is Nc1nc(NCCN2CCOCC2)cc(C(F)(F)F)n1. The van der Waals surface area contributed by atoms with Crippen LogP contribution in [-0.2, 0) is 10.9 Å². The van der Waals surface area contributed by atoms with Gasteiger partial charge < -0.3 is 15.8 Å². The average Bonchev–Trinajstić information content (AvgIpc) is 2.38. The molecule has 0 atom stereocenters. The number of nitrogen functional groups attached to an aromatic ring is 1. The lowest BCUT2D eigenvalue weighted by molar-refractivity contribution is -0.141. The highest BCUT2D eigenvalue weighted by molar-refractivity contribution is 5.41. The van der Waals surface area contributed by atoms with Crippen molar-refractivity contribution in [1.82, 2.24) is 14.9 Å². The third-order valence-electron chi connectivity index (χ3n) is 2.87. The summed E-state index contributed by atoms with van der Waals surface area (Å²) in [7, 11) is 0. The molecule has 0 saturated carbocycles. The number of anilines is 2. The number of hydrogen-bond acceptors (Lipinski definition) is 6. The van der Waals surface area contributed by atoms with E-state index in [9.17, 15) is 13.2 Å². The molecule has 1 aromatic rings. The minimum Gasteiger partial charge on any atom is -0.379 e. The molecule has 1 fully saturated rings. The van der Waals surface area contributed by atoms with Crippen molar-refractivity contribution in [3.05, 3.63) is 11.8 Å². The summed E-state index contributed by atoms with van der Waals surface area (Å²) in [5, 5.41) is 2.83. The van der Waals surface area contributed by atoms with Gasteiger partial charge in [0.25, 0.3) is 0 Å². The number of rotatable bonds is 4. The highest BCUT2D eigenvalue weighted by atomic mass is 19.4. The number of nitrogens with one attached hydrogen (secondary N) is 1. The minimum absolute atomic E-state index is 0.0816. The zero-order valence-corrected chi connectivity index (χ0v) is 10.8. The third-order valence-corrected chi connectivity index (χ3v) is 2.87. The number of halogens is 3. The number of alkyl halides is 3. The van der Waals surface area contributed by atoms with E-state index in [1.54, 1.807) is 0 Å². The van der Waals surface area contributed by atoms with Gasteiger partial charge in [-0.25, -0.2) is 4.98 Å². The number of nitrogens with zero attached hydrogens (tertiary/aromatic N) is 3. The van der Waals surface area contributed by atoms with Gasteiger partial charge >= 0.3 is 6.18 Å². The topological polar surface area (TPSA) is 76.3 Å². The molecule has 6 nitrogen and oxygen atoms in total. The van der Waals surface area contributed by atoms with E-state index in [0.29, 0.717) is 26.3 Å². The Kier molecular flexibility index (Phi) is 4.61. The van der Waals surface area contributed by atoms with Gasteiger partial charge in [-0.3, -0.25) is 4.90 Å². The number of hydrogen-bond donors (Lipinski definition) is 2. The number of aromatic nitrogens is 2. The van der Waals surface area contributed by atoms with Gasteiger partial charge in [0, 0.05) is 32.2 Å². The fourth-order valence-corrected chi connectivity index (χ4v) is 1.87. The van der Waals surface area contributed by atoms with Gasteiger partial charge in [0.05, 0.1) is 13.2 Å². The number of morpholine rings is 1. The van der Waals surface area contributed by atoms with E-state index in [1.165, 1.54) is 0 Å². The molecule has 2 rings (SSSR count). The van der Waals surface area contributed by atoms with E-state index in [0.717, 1.165) is 19.2 Å². The van der Waals surface area contributed by atoms with Crippen LogP contribution in [-0.4, -0.2) is 54.3 Å². The van der Waals surface area contributed by atoms with Crippen LogP contribution >= 0.6 is 0 Å². The number of nitrogens with two attached hydrogens (primary N) is 1. The van der Waals surface area contributed by atoms with Gasteiger partial charge in [0.2, 0.25) is 5.95 Å². The normalized spacial score (nSPS) is 17.1. The molecule has 112 valence electrons. The first-order valence-electron chi connectivity index (χ1n) is 6.21. The van der Waals surface area contributed by atoms with Gasteiger partial charge in [0.1, 0.15) is 5.82 Å². The first kappa shape index (κ1) is 14.8. The summed E-state index contributed by atoms with van der Waals surface area (Å²) in [6.07, 6.45) is -4.53. The molecule has 1 aliphatic heterocycles. The molecular weight excluding hydrogens is 275 g/mol. The molecule has 0 spiro atoms. The molecule has 20 heavy (non-hydrogen) atoms. The zero-order valence-electron chi connectivity index (χ0n) is 10.8. The van der Waals surface area contributed by atoms with E-state index in [-0.39, 0.29) is 5.82 Å². The van der Waals surface area contributed by atoms with Crippen LogP contribution < -0.4 is 11.1 Å². The standard InChI is InChI=1S/C11H16F3N5O/c12-11(13,14)8-7-9(18-10(15)17-8)16-1-2-19-3-5-20-6-4-19/h7H,1-6H2,(H3,15,16,17,18). The van der Waals surface area contributed by atoms with Crippen LogP contribution in [0.1, 0.15) is 5.69 Å². The Hall–Kier alpha value is -1.61. The molecular formula is C11H16F3N5O. The summed E-state index contributed by atoms with van der Waals surface area (Å²) < 4.78 is 42.9. The summed E-state index contributed by atoms with van der Waals surface area (Å²) in [4.78, 5) is 9.08. The molecule has 0 unspecified atom stereocenters. The molecule has 1 saturated heterocycles. The van der Waals surface area contributed by atoms with Crippen molar-refractivity contribution in [1.29, 1.82) is 0 Å². The Labute approximate surface area is 114 Å². The average molecular weight is 291 g/mol. The first-order chi connectivity index (χ1) is 9.45. The molecule has 1 aromatic heterocycles. The summed E-state index contributed by atoms with van der Waals surface area (Å²) in [5.41, 5.74) is 4.24. The Morgan fingerprint density at radius 3 is 2.65 bits per heavy atom. The van der Waals surface area contributed by atoms with Crippen LogP contribution in [0.5, 0.6) is 0 Å². The lowest BCUT2D eigenvalue weighted by Gasteiger charge is -2.26. The van der Waals surface area contributed by atoms with Crippen LogP contribution in [0.3, 0.4) is 0 Å². The van der Waals surface area contributed by atoms with Crippen molar-refractivity contribution < 1.29 is 17.9 Å². The fourth-order valence-electron chi connectivity index (χ4n) is 1.87. The maximum absolute atomic E-state index is 12.6. The first-order valence-corrected chi connectivity index (χ1v) is 6.21. The lowest BCUT2D eigenvalue weighted by Crippen LogP contribution is -2.39. The van der Waals surface area contributed by atoms with E-state index < -0.39 is 17.8 Å². The van der Waals surface area contributed by atoms with Crippen LogP contribution in [0.4, 0.5) is 24.9 Å². The van der Waals surface area contributed by atoms with Gasteiger partial charge in [-0.1, -0.05) is 0 Å². The number of ether oxygens (including phenoxy) is 1. The van der Waals surface area contributed by atoms with Crippen LogP contribution in [0, 0.1) is 0 Å². The summed E-state index contributed by atoms with van der Waals surface area (Å²) in [6, 6.07) is 0.857. The quantitative estimate of drug-likeness (QED) is 0.855. The second-order valence-electron chi connectivity index (χ2n) is 4.38. The second kappa shape index (κ2) is 6.23. The third kappa shape index (κ3) is 4.20. The zero-order chi connectivity index (χ0) is 14.6. The van der Waals surface area contributed by atoms with E-state index in [2.05, 4.69) is 20.2 Å². The Morgan fingerprint density at radius 2 is 2.00 bits per heavy atom. The van der Waals surface area contributed by atoms with E-state index in [1.807, 2.05) is 0 Å². The molecule has 2 heterocycles. The molecule has 1 aliphatic rings. The highest BCUT2D eigenvalue weighted by Crippen LogP contribution is 2.29. The molecule has 0 radical (unpaired) electrons. The summed E-state index contributed by atoms with van der Waals surface area (Å²) in [6.45, 7) is 4.18. The van der Waals surface area contributed by atoms with Crippen molar-refractivity contribution in [2.45, 2.75) is 6.18 Å². The predicted octanol–water partition coefficient (Wildman–Crippen LogP) is 0.822. The molecule has 0 aromatic carbocycles. The highest BCUT2D eigenvalue weighted by Gasteiger charge is 2.33. The van der Waals surface area contributed by atoms with Crippen molar-refractivity contribution in [2.24, 2.45) is 0 Å².